The van der Waals surface area contributed by atoms with Gasteiger partial charge in [0.1, 0.15) is 0 Å². The number of nitrogens with zero attached hydrogens (tertiary/aromatic N) is 1. The van der Waals surface area contributed by atoms with Crippen LogP contribution in [-0.2, 0) is 9.84 Å². The van der Waals surface area contributed by atoms with E-state index in [0.29, 0.717) is 10.5 Å². The fourth-order valence-electron chi connectivity index (χ4n) is 3.45. The van der Waals surface area contributed by atoms with E-state index in [0.717, 1.165) is 40.0 Å². The van der Waals surface area contributed by atoms with Gasteiger partial charge in [0, 0.05) is 28.2 Å². The molecule has 1 aliphatic rings. The summed E-state index contributed by atoms with van der Waals surface area (Å²) >= 11 is 4.90. The summed E-state index contributed by atoms with van der Waals surface area (Å²) in [5.41, 5.74) is 0.682. The van der Waals surface area contributed by atoms with E-state index < -0.39 is 21.2 Å². The van der Waals surface area contributed by atoms with Crippen LogP contribution in [0.25, 0.3) is 10.4 Å². The Labute approximate surface area is 177 Å². The molecule has 2 N–H and O–H groups in total. The van der Waals surface area contributed by atoms with Crippen LogP contribution in [0.5, 0.6) is 0 Å². The van der Waals surface area contributed by atoms with Crippen molar-refractivity contribution in [3.8, 4) is 10.4 Å². The standard InChI is InChI=1S/C19H23BrN2O4S2/c1-11(2)28(25,26)17-9-13(20)5-8-15(17)16-10-21-18(27-16)12-3-6-14(7-4-12)22-19(23)24/h5,8-12,14,22H,3-4,6-7H2,1-2H3,(H,23,24). The Morgan fingerprint density at radius 3 is 2.57 bits per heavy atom. The van der Waals surface area contributed by atoms with Crippen molar-refractivity contribution in [1.29, 1.82) is 0 Å². The van der Waals surface area contributed by atoms with E-state index >= 15 is 0 Å². The molecule has 28 heavy (non-hydrogen) atoms. The van der Waals surface area contributed by atoms with Crippen LogP contribution in [0.4, 0.5) is 4.79 Å². The molecular weight excluding hydrogens is 464 g/mol. The molecule has 6 nitrogen and oxygen atoms in total. The molecule has 1 aromatic carbocycles. The van der Waals surface area contributed by atoms with Gasteiger partial charge in [-0.1, -0.05) is 22.0 Å². The SMILES string of the molecule is CC(C)S(=O)(=O)c1cc(Br)ccc1-c1cnc(C2CCC(NC(=O)O)CC2)s1. The number of thiazole rings is 1. The van der Waals surface area contributed by atoms with Crippen molar-refractivity contribution < 1.29 is 18.3 Å². The molecule has 2 aromatic rings. The minimum Gasteiger partial charge on any atom is -0.465 e. The molecule has 0 unspecified atom stereocenters. The van der Waals surface area contributed by atoms with Gasteiger partial charge in [0.25, 0.3) is 0 Å². The number of nitrogens with one attached hydrogen (secondary N) is 1. The molecule has 1 aliphatic carbocycles. The first kappa shape index (κ1) is 21.3. The molecule has 0 atom stereocenters. The molecule has 3 rings (SSSR count). The lowest BCUT2D eigenvalue weighted by Gasteiger charge is -2.27. The number of hydrogen-bond acceptors (Lipinski definition) is 5. The van der Waals surface area contributed by atoms with Crippen LogP contribution in [0.2, 0.25) is 0 Å². The number of hydrogen-bond donors (Lipinski definition) is 2. The van der Waals surface area contributed by atoms with E-state index in [1.54, 1.807) is 26.1 Å². The van der Waals surface area contributed by atoms with E-state index in [1.165, 1.54) is 11.3 Å². The lowest BCUT2D eigenvalue weighted by molar-refractivity contribution is 0.185. The zero-order valence-electron chi connectivity index (χ0n) is 15.7. The van der Waals surface area contributed by atoms with Crippen molar-refractivity contribution in [2.45, 2.75) is 61.6 Å². The first-order chi connectivity index (χ1) is 13.2. The van der Waals surface area contributed by atoms with Crippen molar-refractivity contribution >= 4 is 43.2 Å². The second-order valence-corrected chi connectivity index (χ2v) is 11.7. The predicted molar refractivity (Wildman–Crippen MR) is 114 cm³/mol. The molecule has 0 spiro atoms. The summed E-state index contributed by atoms with van der Waals surface area (Å²) in [6.45, 7) is 3.36. The van der Waals surface area contributed by atoms with E-state index in [9.17, 15) is 13.2 Å². The van der Waals surface area contributed by atoms with Crippen LogP contribution in [0.1, 0.15) is 50.5 Å². The monoisotopic (exact) mass is 486 g/mol. The van der Waals surface area contributed by atoms with Crippen LogP contribution < -0.4 is 5.32 Å². The molecule has 0 saturated heterocycles. The third-order valence-corrected chi connectivity index (χ3v) is 8.94. The highest BCUT2D eigenvalue weighted by Gasteiger charge is 2.27. The maximum Gasteiger partial charge on any atom is 0.404 e. The lowest BCUT2D eigenvalue weighted by Crippen LogP contribution is -2.36. The topological polar surface area (TPSA) is 96.4 Å². The average Bonchev–Trinajstić information content (AvgIpc) is 3.11. The van der Waals surface area contributed by atoms with Crippen LogP contribution >= 0.6 is 27.3 Å². The summed E-state index contributed by atoms with van der Waals surface area (Å²) in [6.07, 6.45) is 4.09. The van der Waals surface area contributed by atoms with Gasteiger partial charge in [-0.25, -0.2) is 18.2 Å². The molecule has 0 aliphatic heterocycles. The van der Waals surface area contributed by atoms with Gasteiger partial charge in [0.05, 0.1) is 20.0 Å². The highest BCUT2D eigenvalue weighted by atomic mass is 79.9. The maximum absolute atomic E-state index is 12.8. The van der Waals surface area contributed by atoms with Crippen molar-refractivity contribution in [3.63, 3.8) is 0 Å². The molecule has 0 radical (unpaired) electrons. The highest BCUT2D eigenvalue weighted by molar-refractivity contribution is 9.10. The third kappa shape index (κ3) is 4.58. The van der Waals surface area contributed by atoms with Gasteiger partial charge in [0.15, 0.2) is 9.84 Å². The lowest BCUT2D eigenvalue weighted by atomic mass is 9.86. The van der Waals surface area contributed by atoms with Gasteiger partial charge in [-0.3, -0.25) is 0 Å². The molecule has 1 saturated carbocycles. The second-order valence-electron chi connectivity index (χ2n) is 7.30. The summed E-state index contributed by atoms with van der Waals surface area (Å²) in [6, 6.07) is 5.33. The zero-order chi connectivity index (χ0) is 20.5. The normalized spacial score (nSPS) is 20.3. The number of aromatic nitrogens is 1. The Hall–Kier alpha value is -1.45. The van der Waals surface area contributed by atoms with Crippen LogP contribution in [0, 0.1) is 0 Å². The molecule has 0 bridgehead atoms. The fraction of sp³-hybridized carbons (Fsp3) is 0.474. The number of sulfone groups is 1. The summed E-state index contributed by atoms with van der Waals surface area (Å²) in [5, 5.41) is 11.9. The molecule has 152 valence electrons. The van der Waals surface area contributed by atoms with Crippen LogP contribution in [0.15, 0.2) is 33.8 Å². The highest BCUT2D eigenvalue weighted by Crippen LogP contribution is 2.40. The van der Waals surface area contributed by atoms with E-state index in [2.05, 4.69) is 26.2 Å². The van der Waals surface area contributed by atoms with E-state index in [-0.39, 0.29) is 12.0 Å². The fourth-order valence-corrected chi connectivity index (χ4v) is 6.44. The summed E-state index contributed by atoms with van der Waals surface area (Å²) in [4.78, 5) is 16.5. The van der Waals surface area contributed by atoms with E-state index in [4.69, 9.17) is 5.11 Å². The second kappa shape index (κ2) is 8.51. The molecule has 1 aromatic heterocycles. The average molecular weight is 487 g/mol. The number of carboxylic acid groups (broad SMARTS) is 1. The number of halogens is 1. The van der Waals surface area contributed by atoms with Gasteiger partial charge in [-0.2, -0.15) is 0 Å². The van der Waals surface area contributed by atoms with Crippen molar-refractivity contribution in [2.75, 3.05) is 0 Å². The minimum atomic E-state index is -3.43. The van der Waals surface area contributed by atoms with Crippen molar-refractivity contribution in [1.82, 2.24) is 10.3 Å². The quantitative estimate of drug-likeness (QED) is 0.616. The van der Waals surface area contributed by atoms with Crippen LogP contribution in [0.3, 0.4) is 0 Å². The molecule has 1 fully saturated rings. The summed E-state index contributed by atoms with van der Waals surface area (Å²) < 4.78 is 26.4. The molecule has 1 heterocycles. The number of carbonyl (C=O) groups is 1. The van der Waals surface area contributed by atoms with Gasteiger partial charge >= 0.3 is 6.09 Å². The number of amides is 1. The Kier molecular flexibility index (Phi) is 6.46. The molecular formula is C19H23BrN2O4S2. The smallest absolute Gasteiger partial charge is 0.404 e. The zero-order valence-corrected chi connectivity index (χ0v) is 18.9. The Balaban J connectivity index is 1.85. The first-order valence-electron chi connectivity index (χ1n) is 9.17. The Bertz CT molecular complexity index is 964. The van der Waals surface area contributed by atoms with E-state index in [1.807, 2.05) is 12.1 Å². The Morgan fingerprint density at radius 1 is 1.29 bits per heavy atom. The summed E-state index contributed by atoms with van der Waals surface area (Å²) in [7, 11) is -3.43. The number of benzene rings is 1. The van der Waals surface area contributed by atoms with Crippen molar-refractivity contribution in [3.05, 3.63) is 33.9 Å². The maximum atomic E-state index is 12.8. The van der Waals surface area contributed by atoms with Crippen LogP contribution in [-0.4, -0.2) is 35.9 Å². The van der Waals surface area contributed by atoms with Crippen molar-refractivity contribution in [2.24, 2.45) is 0 Å². The van der Waals surface area contributed by atoms with Gasteiger partial charge < -0.3 is 10.4 Å². The number of rotatable bonds is 5. The first-order valence-corrected chi connectivity index (χ1v) is 12.3. The largest absolute Gasteiger partial charge is 0.465 e. The summed E-state index contributed by atoms with van der Waals surface area (Å²) in [5.74, 6) is 0.284. The predicted octanol–water partition coefficient (Wildman–Crippen LogP) is 5.05. The minimum absolute atomic E-state index is 0.00226. The molecule has 1 amide bonds. The van der Waals surface area contributed by atoms with Gasteiger partial charge in [-0.05, 0) is 51.7 Å². The van der Waals surface area contributed by atoms with Gasteiger partial charge in [0.2, 0.25) is 0 Å². The Morgan fingerprint density at radius 2 is 1.96 bits per heavy atom. The molecule has 9 heteroatoms. The van der Waals surface area contributed by atoms with Gasteiger partial charge in [-0.15, -0.1) is 11.3 Å². The third-order valence-electron chi connectivity index (χ3n) is 5.06.